The van der Waals surface area contributed by atoms with Crippen molar-refractivity contribution in [1.82, 2.24) is 4.90 Å². The van der Waals surface area contributed by atoms with Gasteiger partial charge in [0.15, 0.2) is 0 Å². The molecule has 0 aliphatic rings. The second-order valence-electron chi connectivity index (χ2n) is 3.35. The van der Waals surface area contributed by atoms with E-state index in [0.717, 1.165) is 5.84 Å². The molecule has 1 aromatic rings. The molecule has 0 aromatic heterocycles. The third-order valence-corrected chi connectivity index (χ3v) is 3.31. The molecule has 0 bridgehead atoms. The van der Waals surface area contributed by atoms with Gasteiger partial charge in [-0.05, 0) is 41.1 Å². The molecule has 76 valence electrons. The van der Waals surface area contributed by atoms with Gasteiger partial charge in [0.05, 0.1) is 0 Å². The van der Waals surface area contributed by atoms with E-state index >= 15 is 0 Å². The summed E-state index contributed by atoms with van der Waals surface area (Å²) in [5.74, 6) is 1.03. The summed E-state index contributed by atoms with van der Waals surface area (Å²) in [6.07, 6.45) is 0. The molecule has 3 heteroatoms. The Kier molecular flexibility index (Phi) is 3.92. The van der Waals surface area contributed by atoms with Gasteiger partial charge in [-0.25, -0.2) is 0 Å². The number of rotatable bonds is 1. The van der Waals surface area contributed by atoms with Crippen molar-refractivity contribution in [2.45, 2.75) is 6.92 Å². The zero-order chi connectivity index (χ0) is 10.7. The number of nitrogens with zero attached hydrogens (tertiary/aromatic N) is 2. The lowest BCUT2D eigenvalue weighted by Crippen LogP contribution is -2.24. The summed E-state index contributed by atoms with van der Waals surface area (Å²) in [5.41, 5.74) is 2.51. The highest BCUT2D eigenvalue weighted by atomic mass is 127. The van der Waals surface area contributed by atoms with Crippen molar-refractivity contribution in [2.75, 3.05) is 21.1 Å². The van der Waals surface area contributed by atoms with E-state index < -0.39 is 0 Å². The van der Waals surface area contributed by atoms with Crippen molar-refractivity contribution >= 4 is 28.4 Å². The predicted octanol–water partition coefficient (Wildman–Crippen LogP) is 2.54. The van der Waals surface area contributed by atoms with E-state index in [4.69, 9.17) is 0 Å². The Labute approximate surface area is 99.2 Å². The fourth-order valence-corrected chi connectivity index (χ4v) is 1.91. The number of benzene rings is 1. The lowest BCUT2D eigenvalue weighted by atomic mass is 10.1. The summed E-state index contributed by atoms with van der Waals surface area (Å²) >= 11 is 2.35. The number of hydrogen-bond acceptors (Lipinski definition) is 1. The summed E-state index contributed by atoms with van der Waals surface area (Å²) in [4.78, 5) is 6.34. The van der Waals surface area contributed by atoms with Crippen molar-refractivity contribution in [2.24, 2.45) is 4.99 Å². The van der Waals surface area contributed by atoms with E-state index in [9.17, 15) is 0 Å². The van der Waals surface area contributed by atoms with Gasteiger partial charge in [0, 0.05) is 30.3 Å². The first kappa shape index (κ1) is 11.5. The van der Waals surface area contributed by atoms with Gasteiger partial charge in [0.2, 0.25) is 0 Å². The number of hydrogen-bond donors (Lipinski definition) is 0. The first-order valence-corrected chi connectivity index (χ1v) is 5.55. The van der Waals surface area contributed by atoms with E-state index in [-0.39, 0.29) is 0 Å². The molecule has 0 spiro atoms. The number of aliphatic imine (C=N–C) groups is 1. The molecule has 1 rings (SSSR count). The Bertz CT molecular complexity index is 356. The Morgan fingerprint density at radius 3 is 2.50 bits per heavy atom. The van der Waals surface area contributed by atoms with Crippen LogP contribution in [0.4, 0.5) is 0 Å². The highest BCUT2D eigenvalue weighted by molar-refractivity contribution is 14.1. The number of halogens is 1. The molecule has 1 aromatic carbocycles. The molecule has 0 aliphatic carbocycles. The Morgan fingerprint density at radius 1 is 1.36 bits per heavy atom. The van der Waals surface area contributed by atoms with E-state index in [1.165, 1.54) is 14.7 Å². The van der Waals surface area contributed by atoms with Crippen molar-refractivity contribution < 1.29 is 0 Å². The van der Waals surface area contributed by atoms with Gasteiger partial charge in [-0.1, -0.05) is 12.1 Å². The minimum Gasteiger partial charge on any atom is -0.363 e. The SMILES string of the molecule is CN=C(c1cccc(I)c1C)N(C)C. The van der Waals surface area contributed by atoms with Crippen LogP contribution < -0.4 is 0 Å². The van der Waals surface area contributed by atoms with E-state index in [0.29, 0.717) is 0 Å². The normalized spacial score (nSPS) is 11.6. The molecule has 14 heavy (non-hydrogen) atoms. The highest BCUT2D eigenvalue weighted by Gasteiger charge is 2.09. The molecule has 0 unspecified atom stereocenters. The van der Waals surface area contributed by atoms with Gasteiger partial charge >= 0.3 is 0 Å². The van der Waals surface area contributed by atoms with Crippen LogP contribution in [-0.2, 0) is 0 Å². The van der Waals surface area contributed by atoms with Crippen LogP contribution in [0.1, 0.15) is 11.1 Å². The van der Waals surface area contributed by atoms with Gasteiger partial charge in [0.25, 0.3) is 0 Å². The second-order valence-corrected chi connectivity index (χ2v) is 4.52. The van der Waals surface area contributed by atoms with Gasteiger partial charge in [-0.2, -0.15) is 0 Å². The topological polar surface area (TPSA) is 15.6 Å². The molecular formula is C11H15IN2. The van der Waals surface area contributed by atoms with Crippen molar-refractivity contribution in [1.29, 1.82) is 0 Å². The van der Waals surface area contributed by atoms with Crippen LogP contribution in [0, 0.1) is 10.5 Å². The van der Waals surface area contributed by atoms with Crippen LogP contribution in [-0.4, -0.2) is 31.9 Å². The van der Waals surface area contributed by atoms with Gasteiger partial charge < -0.3 is 4.90 Å². The lowest BCUT2D eigenvalue weighted by Gasteiger charge is -2.17. The highest BCUT2D eigenvalue weighted by Crippen LogP contribution is 2.17. The first-order valence-electron chi connectivity index (χ1n) is 4.47. The third-order valence-electron chi connectivity index (χ3n) is 2.14. The zero-order valence-corrected chi connectivity index (χ0v) is 11.2. The standard InChI is InChI=1S/C11H15IN2/c1-8-9(6-5-7-10(8)12)11(13-2)14(3)4/h5-7H,1-4H3. The summed E-state index contributed by atoms with van der Waals surface area (Å²) < 4.78 is 1.28. The maximum Gasteiger partial charge on any atom is 0.130 e. The minimum atomic E-state index is 1.03. The van der Waals surface area contributed by atoms with Crippen LogP contribution in [0.25, 0.3) is 0 Å². The Morgan fingerprint density at radius 2 is 2.00 bits per heavy atom. The third kappa shape index (κ3) is 2.26. The maximum absolute atomic E-state index is 4.30. The van der Waals surface area contributed by atoms with Gasteiger partial charge in [0.1, 0.15) is 5.84 Å². The van der Waals surface area contributed by atoms with Crippen LogP contribution in [0.3, 0.4) is 0 Å². The maximum atomic E-state index is 4.30. The molecule has 2 nitrogen and oxygen atoms in total. The molecule has 0 amide bonds. The van der Waals surface area contributed by atoms with Crippen LogP contribution in [0.5, 0.6) is 0 Å². The van der Waals surface area contributed by atoms with Gasteiger partial charge in [-0.3, -0.25) is 4.99 Å². The Hall–Kier alpha value is -0.580. The minimum absolute atomic E-state index is 1.03. The molecule has 0 saturated heterocycles. The van der Waals surface area contributed by atoms with E-state index in [1.54, 1.807) is 0 Å². The zero-order valence-electron chi connectivity index (χ0n) is 9.00. The molecule has 0 heterocycles. The van der Waals surface area contributed by atoms with Crippen molar-refractivity contribution in [3.05, 3.63) is 32.9 Å². The molecular weight excluding hydrogens is 287 g/mol. The molecule has 0 aliphatic heterocycles. The quantitative estimate of drug-likeness (QED) is 0.442. The molecule has 0 fully saturated rings. The second kappa shape index (κ2) is 4.77. The predicted molar refractivity (Wildman–Crippen MR) is 70.0 cm³/mol. The monoisotopic (exact) mass is 302 g/mol. The summed E-state index contributed by atoms with van der Waals surface area (Å²) in [7, 11) is 5.86. The lowest BCUT2D eigenvalue weighted by molar-refractivity contribution is 0.622. The average Bonchev–Trinajstić information content (AvgIpc) is 2.13. The summed E-state index contributed by atoms with van der Waals surface area (Å²) in [6, 6.07) is 6.29. The van der Waals surface area contributed by atoms with Crippen LogP contribution in [0.2, 0.25) is 0 Å². The largest absolute Gasteiger partial charge is 0.363 e. The summed E-state index contributed by atoms with van der Waals surface area (Å²) in [6.45, 7) is 2.13. The first-order chi connectivity index (χ1) is 6.57. The van der Waals surface area contributed by atoms with E-state index in [2.05, 4.69) is 52.7 Å². The van der Waals surface area contributed by atoms with Gasteiger partial charge in [-0.15, -0.1) is 0 Å². The smallest absolute Gasteiger partial charge is 0.130 e. The van der Waals surface area contributed by atoms with Crippen molar-refractivity contribution in [3.8, 4) is 0 Å². The Balaban J connectivity index is 3.25. The van der Waals surface area contributed by atoms with Crippen LogP contribution in [0.15, 0.2) is 23.2 Å². The fourth-order valence-electron chi connectivity index (χ4n) is 1.41. The average molecular weight is 302 g/mol. The van der Waals surface area contributed by atoms with E-state index in [1.807, 2.05) is 26.0 Å². The summed E-state index contributed by atoms with van der Waals surface area (Å²) in [5, 5.41) is 0. The fraction of sp³-hybridized carbons (Fsp3) is 0.364. The molecule has 0 saturated carbocycles. The molecule has 0 N–H and O–H groups in total. The molecule has 0 atom stereocenters. The van der Waals surface area contributed by atoms with Crippen molar-refractivity contribution in [3.63, 3.8) is 0 Å². The molecule has 0 radical (unpaired) electrons. The van der Waals surface area contributed by atoms with Crippen LogP contribution >= 0.6 is 22.6 Å². The number of amidine groups is 1.